The van der Waals surface area contributed by atoms with E-state index in [0.717, 1.165) is 24.8 Å². The lowest BCUT2D eigenvalue weighted by atomic mass is 9.82. The number of benzene rings is 2. The van der Waals surface area contributed by atoms with E-state index in [4.69, 9.17) is 10.5 Å². The van der Waals surface area contributed by atoms with Crippen molar-refractivity contribution in [3.63, 3.8) is 0 Å². The summed E-state index contributed by atoms with van der Waals surface area (Å²) in [5, 5.41) is 2.67. The molecule has 1 aliphatic carbocycles. The first-order valence-electron chi connectivity index (χ1n) is 8.00. The number of nitrogens with two attached hydrogens (primary N) is 1. The molecule has 0 heterocycles. The van der Waals surface area contributed by atoms with Crippen LogP contribution in [0.1, 0.15) is 36.8 Å². The van der Waals surface area contributed by atoms with E-state index >= 15 is 0 Å². The van der Waals surface area contributed by atoms with E-state index in [9.17, 15) is 9.59 Å². The molecular weight excluding hydrogens is 304 g/mol. The molecule has 5 nitrogen and oxygen atoms in total. The molecule has 0 saturated carbocycles. The van der Waals surface area contributed by atoms with E-state index in [1.165, 1.54) is 12.5 Å². The molecular formula is C19H20N2O3. The Balaban J connectivity index is 1.74. The number of nitrogens with one attached hydrogen (secondary N) is 1. The van der Waals surface area contributed by atoms with Gasteiger partial charge in [-0.15, -0.1) is 0 Å². The van der Waals surface area contributed by atoms with Crippen molar-refractivity contribution in [1.29, 1.82) is 0 Å². The molecule has 0 fully saturated rings. The first-order chi connectivity index (χ1) is 11.5. The van der Waals surface area contributed by atoms with E-state index in [-0.39, 0.29) is 17.8 Å². The van der Waals surface area contributed by atoms with Crippen LogP contribution >= 0.6 is 0 Å². The van der Waals surface area contributed by atoms with Crippen molar-refractivity contribution in [3.05, 3.63) is 53.6 Å². The van der Waals surface area contributed by atoms with E-state index < -0.39 is 0 Å². The highest BCUT2D eigenvalue weighted by Crippen LogP contribution is 2.34. The third-order valence-corrected chi connectivity index (χ3v) is 4.16. The van der Waals surface area contributed by atoms with Gasteiger partial charge in [0, 0.05) is 18.3 Å². The maximum Gasteiger partial charge on any atom is 0.318 e. The summed E-state index contributed by atoms with van der Waals surface area (Å²) in [6.45, 7) is 1.44. The summed E-state index contributed by atoms with van der Waals surface area (Å²) in [6, 6.07) is 12.5. The Morgan fingerprint density at radius 3 is 2.62 bits per heavy atom. The second-order valence-electron chi connectivity index (χ2n) is 6.03. The second-order valence-corrected chi connectivity index (χ2v) is 6.03. The summed E-state index contributed by atoms with van der Waals surface area (Å²) in [5.74, 6) is -0.234. The van der Waals surface area contributed by atoms with Gasteiger partial charge in [0.05, 0.1) is 5.92 Å². The van der Waals surface area contributed by atoms with Gasteiger partial charge in [-0.05, 0) is 66.8 Å². The van der Waals surface area contributed by atoms with Gasteiger partial charge in [0.25, 0.3) is 0 Å². The molecule has 0 spiro atoms. The minimum atomic E-state index is -0.285. The molecule has 0 aromatic heterocycles. The molecule has 0 saturated heterocycles. The lowest BCUT2D eigenvalue weighted by Gasteiger charge is -2.24. The molecule has 0 aliphatic heterocycles. The van der Waals surface area contributed by atoms with Crippen molar-refractivity contribution in [2.75, 3.05) is 11.1 Å². The third-order valence-electron chi connectivity index (χ3n) is 4.16. The van der Waals surface area contributed by atoms with Crippen LogP contribution in [0.3, 0.4) is 0 Å². The molecule has 1 aliphatic rings. The zero-order valence-electron chi connectivity index (χ0n) is 13.5. The number of rotatable bonds is 3. The van der Waals surface area contributed by atoms with Crippen molar-refractivity contribution in [2.24, 2.45) is 0 Å². The fourth-order valence-corrected chi connectivity index (χ4v) is 3.06. The zero-order valence-corrected chi connectivity index (χ0v) is 13.5. The van der Waals surface area contributed by atoms with Crippen LogP contribution in [0.5, 0.6) is 5.75 Å². The fourth-order valence-electron chi connectivity index (χ4n) is 3.06. The molecule has 2 aromatic carbocycles. The van der Waals surface area contributed by atoms with Gasteiger partial charge in [-0.3, -0.25) is 9.59 Å². The Kier molecular flexibility index (Phi) is 4.51. The number of fused-ring (bicyclic) bond motifs is 1. The highest BCUT2D eigenvalue weighted by atomic mass is 16.5. The number of amides is 1. The highest BCUT2D eigenvalue weighted by molar-refractivity contribution is 5.88. The Morgan fingerprint density at radius 2 is 1.92 bits per heavy atom. The smallest absolute Gasteiger partial charge is 0.318 e. The normalized spacial score (nSPS) is 16.1. The average Bonchev–Trinajstić information content (AvgIpc) is 2.55. The molecule has 2 aromatic rings. The summed E-state index contributed by atoms with van der Waals surface area (Å²) in [4.78, 5) is 23.6. The van der Waals surface area contributed by atoms with Crippen LogP contribution in [-0.2, 0) is 16.0 Å². The van der Waals surface area contributed by atoms with Gasteiger partial charge in [-0.25, -0.2) is 0 Å². The quantitative estimate of drug-likeness (QED) is 0.516. The molecule has 3 rings (SSSR count). The van der Waals surface area contributed by atoms with E-state index in [0.29, 0.717) is 17.1 Å². The van der Waals surface area contributed by atoms with Crippen molar-refractivity contribution in [1.82, 2.24) is 0 Å². The maximum absolute atomic E-state index is 12.6. The number of nitrogen functional groups attached to an aromatic ring is 1. The molecule has 124 valence electrons. The average molecular weight is 324 g/mol. The molecule has 1 atom stereocenters. The molecule has 0 bridgehead atoms. The SMILES string of the molecule is CC(=O)Nc1ccc(OC(=O)C2CCCc3ccc(N)cc32)cc1. The topological polar surface area (TPSA) is 81.4 Å². The monoisotopic (exact) mass is 324 g/mol. The summed E-state index contributed by atoms with van der Waals surface area (Å²) in [6.07, 6.45) is 2.68. The van der Waals surface area contributed by atoms with E-state index in [1.807, 2.05) is 18.2 Å². The van der Waals surface area contributed by atoms with Crippen molar-refractivity contribution < 1.29 is 14.3 Å². The summed E-state index contributed by atoms with van der Waals surface area (Å²) < 4.78 is 5.52. The van der Waals surface area contributed by atoms with Crippen molar-refractivity contribution >= 4 is 23.3 Å². The van der Waals surface area contributed by atoms with Gasteiger partial charge in [0.2, 0.25) is 5.91 Å². The first kappa shape index (κ1) is 16.1. The van der Waals surface area contributed by atoms with Crippen LogP contribution < -0.4 is 15.8 Å². The van der Waals surface area contributed by atoms with Crippen molar-refractivity contribution in [2.45, 2.75) is 32.1 Å². The number of esters is 1. The van der Waals surface area contributed by atoms with Crippen LogP contribution in [0.25, 0.3) is 0 Å². The maximum atomic E-state index is 12.6. The van der Waals surface area contributed by atoms with E-state index in [2.05, 4.69) is 5.32 Å². The number of aryl methyl sites for hydroxylation is 1. The Labute approximate surface area is 140 Å². The molecule has 1 amide bonds. The highest BCUT2D eigenvalue weighted by Gasteiger charge is 2.28. The first-order valence-corrected chi connectivity index (χ1v) is 8.00. The Bertz CT molecular complexity index is 769. The second kappa shape index (κ2) is 6.74. The largest absolute Gasteiger partial charge is 0.426 e. The molecule has 0 radical (unpaired) electrons. The number of hydrogen-bond acceptors (Lipinski definition) is 4. The number of ether oxygens (including phenoxy) is 1. The predicted molar refractivity (Wildman–Crippen MR) is 92.9 cm³/mol. The molecule has 1 unspecified atom stereocenters. The minimum absolute atomic E-state index is 0.142. The zero-order chi connectivity index (χ0) is 17.1. The van der Waals surface area contributed by atoms with Gasteiger partial charge >= 0.3 is 5.97 Å². The van der Waals surface area contributed by atoms with Gasteiger partial charge in [0.15, 0.2) is 0 Å². The van der Waals surface area contributed by atoms with Gasteiger partial charge in [-0.1, -0.05) is 6.07 Å². The van der Waals surface area contributed by atoms with Gasteiger partial charge < -0.3 is 15.8 Å². The standard InChI is InChI=1S/C19H20N2O3/c1-12(22)21-15-7-9-16(10-8-15)24-19(23)17-4-2-3-13-5-6-14(20)11-18(13)17/h5-11,17H,2-4,20H2,1H3,(H,21,22). The summed E-state index contributed by atoms with van der Waals surface area (Å²) >= 11 is 0. The number of carbonyl (C=O) groups excluding carboxylic acids is 2. The lowest BCUT2D eigenvalue weighted by Crippen LogP contribution is -2.23. The fraction of sp³-hybridized carbons (Fsp3) is 0.263. The summed E-state index contributed by atoms with van der Waals surface area (Å²) in [5.41, 5.74) is 9.33. The Hall–Kier alpha value is -2.82. The number of carbonyl (C=O) groups is 2. The van der Waals surface area contributed by atoms with Crippen molar-refractivity contribution in [3.8, 4) is 5.75 Å². The van der Waals surface area contributed by atoms with Crippen LogP contribution in [0.15, 0.2) is 42.5 Å². The minimum Gasteiger partial charge on any atom is -0.426 e. The van der Waals surface area contributed by atoms with Crippen LogP contribution in [-0.4, -0.2) is 11.9 Å². The van der Waals surface area contributed by atoms with Crippen LogP contribution in [0.4, 0.5) is 11.4 Å². The van der Waals surface area contributed by atoms with Crippen LogP contribution in [0, 0.1) is 0 Å². The predicted octanol–water partition coefficient (Wildman–Crippen LogP) is 3.25. The lowest BCUT2D eigenvalue weighted by molar-refractivity contribution is -0.136. The van der Waals surface area contributed by atoms with E-state index in [1.54, 1.807) is 24.3 Å². The number of anilines is 2. The number of hydrogen-bond donors (Lipinski definition) is 2. The third kappa shape index (κ3) is 3.56. The van der Waals surface area contributed by atoms with Crippen LogP contribution in [0.2, 0.25) is 0 Å². The summed E-state index contributed by atoms with van der Waals surface area (Å²) in [7, 11) is 0. The molecule has 24 heavy (non-hydrogen) atoms. The van der Waals surface area contributed by atoms with Gasteiger partial charge in [-0.2, -0.15) is 0 Å². The molecule has 5 heteroatoms. The molecule has 3 N–H and O–H groups in total. The Morgan fingerprint density at radius 1 is 1.17 bits per heavy atom. The van der Waals surface area contributed by atoms with Gasteiger partial charge in [0.1, 0.15) is 5.75 Å².